The minimum absolute atomic E-state index is 0.120. The van der Waals surface area contributed by atoms with E-state index in [1.807, 2.05) is 26.4 Å². The van der Waals surface area contributed by atoms with Gasteiger partial charge in [-0.1, -0.05) is 0 Å². The highest BCUT2D eigenvalue weighted by Crippen LogP contribution is 2.36. The Balaban J connectivity index is 2.13. The van der Waals surface area contributed by atoms with Crippen LogP contribution >= 0.6 is 11.8 Å². The van der Waals surface area contributed by atoms with Crippen molar-refractivity contribution >= 4 is 34.3 Å². The highest BCUT2D eigenvalue weighted by molar-refractivity contribution is 7.99. The average molecular weight is 261 g/mol. The quantitative estimate of drug-likeness (QED) is 0.823. The molecular weight excluding hydrogens is 246 g/mol. The summed E-state index contributed by atoms with van der Waals surface area (Å²) < 4.78 is 0. The van der Waals surface area contributed by atoms with E-state index in [2.05, 4.69) is 22.4 Å². The lowest BCUT2D eigenvalue weighted by atomic mass is 10.2. The number of H-pyrrole nitrogens is 1. The van der Waals surface area contributed by atoms with Crippen LogP contribution in [0.1, 0.15) is 0 Å². The standard InChI is InChI=1S/C13H15N3OS/c1-14-10-7-18-12-6-9-8(3-4-15-9)5-11(12)16(2)13(10)17/h3-6,10,14-15H,7H2,1-2H3/t10-/m0/s1. The summed E-state index contributed by atoms with van der Waals surface area (Å²) in [5, 5.41) is 4.21. The van der Waals surface area contributed by atoms with Gasteiger partial charge in [0.05, 0.1) is 11.7 Å². The fraction of sp³-hybridized carbons (Fsp3) is 0.308. The van der Waals surface area contributed by atoms with E-state index in [9.17, 15) is 4.79 Å². The van der Waals surface area contributed by atoms with Crippen molar-refractivity contribution in [3.8, 4) is 0 Å². The van der Waals surface area contributed by atoms with Crippen LogP contribution in [0.4, 0.5) is 5.69 Å². The van der Waals surface area contributed by atoms with Gasteiger partial charge in [-0.25, -0.2) is 0 Å². The maximum absolute atomic E-state index is 12.3. The number of thioether (sulfide) groups is 1. The number of amides is 1. The first kappa shape index (κ1) is 11.6. The summed E-state index contributed by atoms with van der Waals surface area (Å²) >= 11 is 1.72. The molecule has 1 aliphatic rings. The van der Waals surface area contributed by atoms with Gasteiger partial charge in [-0.3, -0.25) is 4.79 Å². The van der Waals surface area contributed by atoms with Crippen molar-refractivity contribution in [1.82, 2.24) is 10.3 Å². The molecule has 1 amide bonds. The van der Waals surface area contributed by atoms with Crippen LogP contribution in [0, 0.1) is 0 Å². The zero-order chi connectivity index (χ0) is 12.7. The highest BCUT2D eigenvalue weighted by Gasteiger charge is 2.27. The lowest BCUT2D eigenvalue weighted by Gasteiger charge is -2.20. The van der Waals surface area contributed by atoms with Crippen LogP contribution in [0.3, 0.4) is 0 Å². The van der Waals surface area contributed by atoms with Crippen molar-refractivity contribution < 1.29 is 4.79 Å². The molecule has 1 aromatic heterocycles. The lowest BCUT2D eigenvalue weighted by molar-refractivity contribution is -0.119. The Hall–Kier alpha value is -1.46. The van der Waals surface area contributed by atoms with Crippen LogP contribution in [-0.2, 0) is 4.79 Å². The Morgan fingerprint density at radius 3 is 3.11 bits per heavy atom. The van der Waals surface area contributed by atoms with Crippen LogP contribution < -0.4 is 10.2 Å². The van der Waals surface area contributed by atoms with Gasteiger partial charge in [-0.05, 0) is 25.2 Å². The van der Waals surface area contributed by atoms with Gasteiger partial charge in [0.25, 0.3) is 0 Å². The molecule has 94 valence electrons. The van der Waals surface area contributed by atoms with Crippen molar-refractivity contribution in [2.45, 2.75) is 10.9 Å². The number of hydrogen-bond acceptors (Lipinski definition) is 3. The maximum atomic E-state index is 12.3. The second-order valence-electron chi connectivity index (χ2n) is 4.43. The molecule has 4 nitrogen and oxygen atoms in total. The number of carbonyl (C=O) groups is 1. The molecular formula is C13H15N3OS. The summed E-state index contributed by atoms with van der Waals surface area (Å²) in [7, 11) is 3.67. The first-order chi connectivity index (χ1) is 8.70. The molecule has 0 unspecified atom stereocenters. The monoisotopic (exact) mass is 261 g/mol. The van der Waals surface area contributed by atoms with E-state index in [1.165, 1.54) is 0 Å². The normalized spacial score (nSPS) is 20.0. The number of rotatable bonds is 1. The summed E-state index contributed by atoms with van der Waals surface area (Å²) in [6.45, 7) is 0. The summed E-state index contributed by atoms with van der Waals surface area (Å²) in [6.07, 6.45) is 1.92. The summed E-state index contributed by atoms with van der Waals surface area (Å²) in [6, 6.07) is 6.10. The first-order valence-corrected chi connectivity index (χ1v) is 6.88. The number of aromatic nitrogens is 1. The molecule has 2 N–H and O–H groups in total. The van der Waals surface area contributed by atoms with Gasteiger partial charge >= 0.3 is 0 Å². The second kappa shape index (κ2) is 4.33. The van der Waals surface area contributed by atoms with Crippen molar-refractivity contribution in [1.29, 1.82) is 0 Å². The molecule has 0 saturated carbocycles. The first-order valence-electron chi connectivity index (χ1n) is 5.89. The van der Waals surface area contributed by atoms with Gasteiger partial charge in [-0.2, -0.15) is 0 Å². The van der Waals surface area contributed by atoms with Gasteiger partial charge in [0, 0.05) is 34.8 Å². The summed E-state index contributed by atoms with van der Waals surface area (Å²) in [4.78, 5) is 18.4. The second-order valence-corrected chi connectivity index (χ2v) is 5.50. The molecule has 3 rings (SSSR count). The largest absolute Gasteiger partial charge is 0.361 e. The Labute approximate surface area is 110 Å². The van der Waals surface area contributed by atoms with Crippen molar-refractivity contribution in [3.63, 3.8) is 0 Å². The number of anilines is 1. The number of nitrogens with zero attached hydrogens (tertiary/aromatic N) is 1. The Morgan fingerprint density at radius 1 is 1.50 bits per heavy atom. The fourth-order valence-electron chi connectivity index (χ4n) is 2.25. The molecule has 0 saturated heterocycles. The maximum Gasteiger partial charge on any atom is 0.244 e. The molecule has 1 aromatic carbocycles. The molecule has 0 aliphatic carbocycles. The van der Waals surface area contributed by atoms with Gasteiger partial charge in [-0.15, -0.1) is 11.8 Å². The Morgan fingerprint density at radius 2 is 2.33 bits per heavy atom. The average Bonchev–Trinajstić information content (AvgIpc) is 2.80. The summed E-state index contributed by atoms with van der Waals surface area (Å²) in [5.41, 5.74) is 2.11. The fourth-order valence-corrected chi connectivity index (χ4v) is 3.45. The van der Waals surface area contributed by atoms with E-state index in [-0.39, 0.29) is 11.9 Å². The van der Waals surface area contributed by atoms with Gasteiger partial charge < -0.3 is 15.2 Å². The topological polar surface area (TPSA) is 48.1 Å². The predicted octanol–water partition coefficient (Wildman–Crippen LogP) is 1.82. The molecule has 2 aromatic rings. The van der Waals surface area contributed by atoms with Crippen LogP contribution in [0.25, 0.3) is 10.9 Å². The third-order valence-corrected chi connectivity index (χ3v) is 4.51. The number of hydrogen-bond donors (Lipinski definition) is 2. The lowest BCUT2D eigenvalue weighted by Crippen LogP contribution is -2.44. The van der Waals surface area contributed by atoms with E-state index in [4.69, 9.17) is 0 Å². The molecule has 0 radical (unpaired) electrons. The molecule has 1 aliphatic heterocycles. The van der Waals surface area contributed by atoms with Crippen LogP contribution in [0.2, 0.25) is 0 Å². The van der Waals surface area contributed by atoms with Crippen LogP contribution in [0.5, 0.6) is 0 Å². The number of carbonyl (C=O) groups excluding carboxylic acids is 1. The minimum atomic E-state index is -0.120. The summed E-state index contributed by atoms with van der Waals surface area (Å²) in [5.74, 6) is 0.887. The van der Waals surface area contributed by atoms with E-state index < -0.39 is 0 Å². The SMILES string of the molecule is CN[C@H]1CSc2cc3[nH]ccc3cc2N(C)C1=O. The van der Waals surface area contributed by atoms with E-state index in [0.717, 1.165) is 27.2 Å². The molecule has 0 fully saturated rings. The smallest absolute Gasteiger partial charge is 0.244 e. The predicted molar refractivity (Wildman–Crippen MR) is 75.3 cm³/mol. The molecule has 1 atom stereocenters. The third-order valence-electron chi connectivity index (χ3n) is 3.38. The van der Waals surface area contributed by atoms with E-state index in [0.29, 0.717) is 0 Å². The number of fused-ring (bicyclic) bond motifs is 2. The van der Waals surface area contributed by atoms with Gasteiger partial charge in [0.15, 0.2) is 0 Å². The van der Waals surface area contributed by atoms with Crippen molar-refractivity contribution in [2.75, 3.05) is 24.7 Å². The van der Waals surface area contributed by atoms with Crippen LogP contribution in [-0.4, -0.2) is 36.8 Å². The third kappa shape index (κ3) is 1.71. The number of nitrogens with one attached hydrogen (secondary N) is 2. The van der Waals surface area contributed by atoms with Gasteiger partial charge in [0.1, 0.15) is 0 Å². The number of likely N-dealkylation sites (N-methyl/N-ethyl adjacent to an activating group) is 2. The number of aromatic amines is 1. The zero-order valence-corrected chi connectivity index (χ0v) is 11.2. The Kier molecular flexibility index (Phi) is 2.80. The van der Waals surface area contributed by atoms with Crippen LogP contribution in [0.15, 0.2) is 29.3 Å². The van der Waals surface area contributed by atoms with Crippen molar-refractivity contribution in [2.24, 2.45) is 0 Å². The van der Waals surface area contributed by atoms with Crippen molar-refractivity contribution in [3.05, 3.63) is 24.4 Å². The van der Waals surface area contributed by atoms with E-state index >= 15 is 0 Å². The molecule has 0 spiro atoms. The molecule has 5 heteroatoms. The molecule has 18 heavy (non-hydrogen) atoms. The molecule has 2 heterocycles. The molecule has 0 bridgehead atoms. The zero-order valence-electron chi connectivity index (χ0n) is 10.4. The van der Waals surface area contributed by atoms with E-state index in [1.54, 1.807) is 16.7 Å². The number of benzene rings is 1. The highest BCUT2D eigenvalue weighted by atomic mass is 32.2. The Bertz CT molecular complexity index is 607. The minimum Gasteiger partial charge on any atom is -0.361 e. The van der Waals surface area contributed by atoms with Gasteiger partial charge in [0.2, 0.25) is 5.91 Å².